The molecule has 94 valence electrons. The summed E-state index contributed by atoms with van der Waals surface area (Å²) < 4.78 is 0. The van der Waals surface area contributed by atoms with Gasteiger partial charge in [0.1, 0.15) is 0 Å². The Labute approximate surface area is 116 Å². The van der Waals surface area contributed by atoms with Crippen molar-refractivity contribution < 1.29 is 4.79 Å². The standard InChI is InChI=1S/C17H14OS/c1-11-9-16(12(2)19-11)17(18)15-8-7-13-5-3-4-6-14(13)10-15/h3-10H,1-2H3. The Kier molecular flexibility index (Phi) is 2.96. The maximum atomic E-state index is 12.5. The van der Waals surface area contributed by atoms with Gasteiger partial charge in [-0.1, -0.05) is 36.4 Å². The molecule has 3 aromatic rings. The van der Waals surface area contributed by atoms with Crippen LogP contribution < -0.4 is 0 Å². The minimum absolute atomic E-state index is 0.118. The van der Waals surface area contributed by atoms with Gasteiger partial charge in [0.25, 0.3) is 0 Å². The Bertz CT molecular complexity index is 768. The minimum Gasteiger partial charge on any atom is -0.289 e. The number of rotatable bonds is 2. The van der Waals surface area contributed by atoms with Crippen LogP contribution >= 0.6 is 11.3 Å². The third kappa shape index (κ3) is 2.20. The van der Waals surface area contributed by atoms with Crippen molar-refractivity contribution >= 4 is 27.9 Å². The molecule has 0 radical (unpaired) electrons. The number of hydrogen-bond acceptors (Lipinski definition) is 2. The van der Waals surface area contributed by atoms with Crippen molar-refractivity contribution in [2.75, 3.05) is 0 Å². The first-order valence-corrected chi connectivity index (χ1v) is 7.07. The van der Waals surface area contributed by atoms with Crippen molar-refractivity contribution in [3.05, 3.63) is 69.4 Å². The van der Waals surface area contributed by atoms with Gasteiger partial charge >= 0.3 is 0 Å². The van der Waals surface area contributed by atoms with E-state index in [2.05, 4.69) is 6.07 Å². The van der Waals surface area contributed by atoms with Gasteiger partial charge in [-0.2, -0.15) is 0 Å². The highest BCUT2D eigenvalue weighted by Crippen LogP contribution is 2.24. The van der Waals surface area contributed by atoms with E-state index in [0.29, 0.717) is 0 Å². The van der Waals surface area contributed by atoms with Gasteiger partial charge in [0, 0.05) is 20.9 Å². The second-order valence-electron chi connectivity index (χ2n) is 4.72. The van der Waals surface area contributed by atoms with E-state index in [1.165, 1.54) is 4.88 Å². The molecule has 0 spiro atoms. The van der Waals surface area contributed by atoms with Gasteiger partial charge in [0.15, 0.2) is 5.78 Å². The van der Waals surface area contributed by atoms with Crippen LogP contribution in [0.2, 0.25) is 0 Å². The average molecular weight is 266 g/mol. The Balaban J connectivity index is 2.09. The summed E-state index contributed by atoms with van der Waals surface area (Å²) in [5.74, 6) is 0.118. The fourth-order valence-corrected chi connectivity index (χ4v) is 3.26. The Morgan fingerprint density at radius 2 is 1.68 bits per heavy atom. The summed E-state index contributed by atoms with van der Waals surface area (Å²) in [5, 5.41) is 2.27. The average Bonchev–Trinajstić information content (AvgIpc) is 2.76. The van der Waals surface area contributed by atoms with Gasteiger partial charge < -0.3 is 0 Å². The highest BCUT2D eigenvalue weighted by molar-refractivity contribution is 7.12. The van der Waals surface area contributed by atoms with E-state index >= 15 is 0 Å². The van der Waals surface area contributed by atoms with Crippen LogP contribution in [0.5, 0.6) is 0 Å². The van der Waals surface area contributed by atoms with Crippen LogP contribution in [0.1, 0.15) is 25.7 Å². The number of benzene rings is 2. The van der Waals surface area contributed by atoms with Crippen LogP contribution in [0.3, 0.4) is 0 Å². The molecule has 0 fully saturated rings. The van der Waals surface area contributed by atoms with Gasteiger partial charge in [-0.05, 0) is 36.8 Å². The van der Waals surface area contributed by atoms with Crippen LogP contribution in [0.25, 0.3) is 10.8 Å². The summed E-state index contributed by atoms with van der Waals surface area (Å²) in [6.07, 6.45) is 0. The second kappa shape index (κ2) is 4.63. The quantitative estimate of drug-likeness (QED) is 0.612. The molecule has 0 amide bonds. The molecule has 0 aliphatic carbocycles. The lowest BCUT2D eigenvalue weighted by Crippen LogP contribution is -2.01. The summed E-state index contributed by atoms with van der Waals surface area (Å²) in [6.45, 7) is 4.04. The van der Waals surface area contributed by atoms with E-state index in [0.717, 1.165) is 26.8 Å². The van der Waals surface area contributed by atoms with E-state index in [9.17, 15) is 4.79 Å². The summed E-state index contributed by atoms with van der Waals surface area (Å²) in [7, 11) is 0. The van der Waals surface area contributed by atoms with E-state index < -0.39 is 0 Å². The molecule has 19 heavy (non-hydrogen) atoms. The van der Waals surface area contributed by atoms with Gasteiger partial charge in [-0.3, -0.25) is 4.79 Å². The first-order valence-electron chi connectivity index (χ1n) is 6.26. The third-order valence-electron chi connectivity index (χ3n) is 3.30. The van der Waals surface area contributed by atoms with Gasteiger partial charge in [0.05, 0.1) is 0 Å². The Morgan fingerprint density at radius 3 is 2.37 bits per heavy atom. The molecule has 0 N–H and O–H groups in total. The molecule has 0 unspecified atom stereocenters. The largest absolute Gasteiger partial charge is 0.289 e. The number of hydrogen-bond donors (Lipinski definition) is 0. The molecule has 0 aliphatic rings. The third-order valence-corrected chi connectivity index (χ3v) is 4.26. The molecule has 0 aliphatic heterocycles. The SMILES string of the molecule is Cc1cc(C(=O)c2ccc3ccccc3c2)c(C)s1. The number of thiophene rings is 1. The lowest BCUT2D eigenvalue weighted by molar-refractivity contribution is 0.103. The molecule has 1 nitrogen and oxygen atoms in total. The maximum absolute atomic E-state index is 12.5. The number of aryl methyl sites for hydroxylation is 2. The first kappa shape index (κ1) is 12.1. The zero-order valence-electron chi connectivity index (χ0n) is 10.9. The maximum Gasteiger partial charge on any atom is 0.194 e. The van der Waals surface area contributed by atoms with Gasteiger partial charge in [-0.15, -0.1) is 11.3 Å². The highest BCUT2D eigenvalue weighted by Gasteiger charge is 2.14. The lowest BCUT2D eigenvalue weighted by Gasteiger charge is -2.03. The number of fused-ring (bicyclic) bond motifs is 1. The van der Waals surface area contributed by atoms with E-state index in [4.69, 9.17) is 0 Å². The van der Waals surface area contributed by atoms with Crippen LogP contribution in [0, 0.1) is 13.8 Å². The van der Waals surface area contributed by atoms with Crippen LogP contribution in [-0.2, 0) is 0 Å². The zero-order chi connectivity index (χ0) is 13.4. The van der Waals surface area contributed by atoms with E-state index in [-0.39, 0.29) is 5.78 Å². The molecule has 0 saturated heterocycles. The number of ketones is 1. The van der Waals surface area contributed by atoms with Crippen molar-refractivity contribution in [1.82, 2.24) is 0 Å². The fraction of sp³-hybridized carbons (Fsp3) is 0.118. The molecular formula is C17H14OS. The monoisotopic (exact) mass is 266 g/mol. The van der Waals surface area contributed by atoms with Gasteiger partial charge in [0.2, 0.25) is 0 Å². The Hall–Kier alpha value is -1.93. The molecule has 0 saturated carbocycles. The predicted molar refractivity (Wildman–Crippen MR) is 81.2 cm³/mol. The van der Waals surface area contributed by atoms with E-state index in [1.54, 1.807) is 11.3 Å². The summed E-state index contributed by atoms with van der Waals surface area (Å²) in [6, 6.07) is 16.0. The van der Waals surface area contributed by atoms with Crippen molar-refractivity contribution in [2.24, 2.45) is 0 Å². The highest BCUT2D eigenvalue weighted by atomic mass is 32.1. The summed E-state index contributed by atoms with van der Waals surface area (Å²) >= 11 is 1.68. The number of carbonyl (C=O) groups excluding carboxylic acids is 1. The van der Waals surface area contributed by atoms with Gasteiger partial charge in [-0.25, -0.2) is 0 Å². The molecule has 0 bridgehead atoms. The molecular weight excluding hydrogens is 252 g/mol. The Morgan fingerprint density at radius 1 is 0.947 bits per heavy atom. The molecule has 1 aromatic heterocycles. The van der Waals surface area contributed by atoms with Crippen molar-refractivity contribution in [1.29, 1.82) is 0 Å². The van der Waals surface area contributed by atoms with Crippen molar-refractivity contribution in [3.8, 4) is 0 Å². The zero-order valence-corrected chi connectivity index (χ0v) is 11.8. The van der Waals surface area contributed by atoms with Crippen LogP contribution in [0.4, 0.5) is 0 Å². The fourth-order valence-electron chi connectivity index (χ4n) is 2.34. The molecule has 2 aromatic carbocycles. The van der Waals surface area contributed by atoms with E-state index in [1.807, 2.05) is 56.3 Å². The topological polar surface area (TPSA) is 17.1 Å². The smallest absolute Gasteiger partial charge is 0.194 e. The lowest BCUT2D eigenvalue weighted by atomic mass is 10.0. The first-order chi connectivity index (χ1) is 9.15. The van der Waals surface area contributed by atoms with Crippen LogP contribution in [-0.4, -0.2) is 5.78 Å². The number of carbonyl (C=O) groups is 1. The summed E-state index contributed by atoms with van der Waals surface area (Å²) in [4.78, 5) is 14.8. The molecule has 3 rings (SSSR count). The van der Waals surface area contributed by atoms with Crippen molar-refractivity contribution in [2.45, 2.75) is 13.8 Å². The van der Waals surface area contributed by atoms with Crippen LogP contribution in [0.15, 0.2) is 48.5 Å². The van der Waals surface area contributed by atoms with Crippen molar-refractivity contribution in [3.63, 3.8) is 0 Å². The molecule has 2 heteroatoms. The summed E-state index contributed by atoms with van der Waals surface area (Å²) in [5.41, 5.74) is 1.59. The second-order valence-corrected chi connectivity index (χ2v) is 6.18. The minimum atomic E-state index is 0.118. The molecule has 0 atom stereocenters. The molecule has 1 heterocycles. The predicted octanol–water partition coefficient (Wildman–Crippen LogP) is 4.75. The normalized spacial score (nSPS) is 10.8.